The van der Waals surface area contributed by atoms with Gasteiger partial charge in [-0.05, 0) is 30.2 Å². The Balaban J connectivity index is 2.03. The lowest BCUT2D eigenvalue weighted by atomic mass is 9.68. The number of nitriles is 1. The van der Waals surface area contributed by atoms with Gasteiger partial charge >= 0.3 is 0 Å². The highest BCUT2D eigenvalue weighted by atomic mass is 15.0. The van der Waals surface area contributed by atoms with Crippen molar-refractivity contribution in [1.29, 1.82) is 5.26 Å². The Morgan fingerprint density at radius 1 is 1.22 bits per heavy atom. The second kappa shape index (κ2) is 5.12. The fraction of sp³-hybridized carbons (Fsp3) is 0.562. The van der Waals surface area contributed by atoms with Crippen molar-refractivity contribution in [2.75, 3.05) is 0 Å². The van der Waals surface area contributed by atoms with Crippen LogP contribution in [0, 0.1) is 16.7 Å². The molecular formula is C16H22N2. The van der Waals surface area contributed by atoms with Gasteiger partial charge in [-0.2, -0.15) is 5.26 Å². The molecule has 1 N–H and O–H groups in total. The Morgan fingerprint density at radius 2 is 1.94 bits per heavy atom. The third-order valence-corrected chi connectivity index (χ3v) is 3.93. The number of rotatable bonds is 3. The lowest BCUT2D eigenvalue weighted by Gasteiger charge is -2.41. The zero-order valence-electron chi connectivity index (χ0n) is 11.4. The summed E-state index contributed by atoms with van der Waals surface area (Å²) in [5, 5.41) is 13.0. The highest BCUT2D eigenvalue weighted by Crippen LogP contribution is 2.40. The van der Waals surface area contributed by atoms with Crippen LogP contribution in [-0.2, 0) is 6.54 Å². The Kier molecular flexibility index (Phi) is 3.73. The SMILES string of the molecule is CC1(C)CCCC(C#N)(NCc2ccccc2)C1. The highest BCUT2D eigenvalue weighted by molar-refractivity contribution is 5.17. The first-order valence-electron chi connectivity index (χ1n) is 6.76. The van der Waals surface area contributed by atoms with E-state index in [0.717, 1.165) is 25.8 Å². The standard InChI is InChI=1S/C16H22N2/c1-15(2)9-6-10-16(12-15,13-17)18-11-14-7-4-3-5-8-14/h3-5,7-8,18H,6,9-12H2,1-2H3. The van der Waals surface area contributed by atoms with Crippen LogP contribution in [0.3, 0.4) is 0 Å². The zero-order valence-corrected chi connectivity index (χ0v) is 11.4. The molecule has 1 aliphatic rings. The molecular weight excluding hydrogens is 220 g/mol. The van der Waals surface area contributed by atoms with Gasteiger partial charge in [0.2, 0.25) is 0 Å². The molecule has 0 aliphatic heterocycles. The summed E-state index contributed by atoms with van der Waals surface area (Å²) in [5.41, 5.74) is 1.19. The summed E-state index contributed by atoms with van der Waals surface area (Å²) < 4.78 is 0. The molecule has 1 saturated carbocycles. The van der Waals surface area contributed by atoms with Gasteiger partial charge in [0, 0.05) is 6.54 Å². The first-order chi connectivity index (χ1) is 8.55. The molecule has 18 heavy (non-hydrogen) atoms. The molecule has 0 bridgehead atoms. The molecule has 0 heterocycles. The van der Waals surface area contributed by atoms with Crippen molar-refractivity contribution >= 4 is 0 Å². The summed E-state index contributed by atoms with van der Waals surface area (Å²) >= 11 is 0. The molecule has 0 saturated heterocycles. The summed E-state index contributed by atoms with van der Waals surface area (Å²) in [6.07, 6.45) is 4.29. The van der Waals surface area contributed by atoms with Gasteiger partial charge in [0.05, 0.1) is 6.07 Å². The monoisotopic (exact) mass is 242 g/mol. The van der Waals surface area contributed by atoms with E-state index < -0.39 is 0 Å². The molecule has 0 amide bonds. The van der Waals surface area contributed by atoms with Crippen LogP contribution in [0.1, 0.15) is 45.1 Å². The molecule has 1 atom stereocenters. The second-order valence-corrected chi connectivity index (χ2v) is 6.23. The topological polar surface area (TPSA) is 35.8 Å². The van der Waals surface area contributed by atoms with Crippen LogP contribution in [0.2, 0.25) is 0 Å². The van der Waals surface area contributed by atoms with Gasteiger partial charge in [0.1, 0.15) is 5.54 Å². The minimum atomic E-state index is -0.336. The van der Waals surface area contributed by atoms with Crippen molar-refractivity contribution in [2.24, 2.45) is 5.41 Å². The number of hydrogen-bond acceptors (Lipinski definition) is 2. The Bertz CT molecular complexity index is 430. The molecule has 0 spiro atoms. The summed E-state index contributed by atoms with van der Waals surface area (Å²) in [7, 11) is 0. The van der Waals surface area contributed by atoms with Crippen LogP contribution in [-0.4, -0.2) is 5.54 Å². The van der Waals surface area contributed by atoms with E-state index in [9.17, 15) is 5.26 Å². The van der Waals surface area contributed by atoms with Crippen molar-refractivity contribution in [1.82, 2.24) is 5.32 Å². The van der Waals surface area contributed by atoms with E-state index >= 15 is 0 Å². The molecule has 2 heteroatoms. The Labute approximate surface area is 110 Å². The van der Waals surface area contributed by atoms with E-state index in [4.69, 9.17) is 0 Å². The van der Waals surface area contributed by atoms with E-state index in [1.54, 1.807) is 0 Å². The van der Waals surface area contributed by atoms with Gasteiger partial charge in [-0.15, -0.1) is 0 Å². The molecule has 1 aliphatic carbocycles. The number of nitrogens with zero attached hydrogens (tertiary/aromatic N) is 1. The fourth-order valence-corrected chi connectivity index (χ4v) is 3.02. The average Bonchev–Trinajstić information content (AvgIpc) is 2.37. The fourth-order valence-electron chi connectivity index (χ4n) is 3.02. The third kappa shape index (κ3) is 3.11. The minimum Gasteiger partial charge on any atom is -0.295 e. The molecule has 1 unspecified atom stereocenters. The van der Waals surface area contributed by atoms with E-state index in [0.29, 0.717) is 0 Å². The normalized spacial score (nSPS) is 26.5. The van der Waals surface area contributed by atoms with Crippen LogP contribution in [0.15, 0.2) is 30.3 Å². The summed E-state index contributed by atoms with van der Waals surface area (Å²) in [4.78, 5) is 0. The average molecular weight is 242 g/mol. The Hall–Kier alpha value is -1.33. The maximum atomic E-state index is 9.54. The smallest absolute Gasteiger partial charge is 0.107 e. The molecule has 96 valence electrons. The molecule has 1 aromatic rings. The van der Waals surface area contributed by atoms with Crippen molar-refractivity contribution in [3.8, 4) is 6.07 Å². The Morgan fingerprint density at radius 3 is 2.56 bits per heavy atom. The van der Waals surface area contributed by atoms with E-state index in [1.807, 2.05) is 18.2 Å². The predicted molar refractivity (Wildman–Crippen MR) is 73.9 cm³/mol. The van der Waals surface area contributed by atoms with Crippen LogP contribution < -0.4 is 5.32 Å². The largest absolute Gasteiger partial charge is 0.295 e. The van der Waals surface area contributed by atoms with E-state index in [1.165, 1.54) is 12.0 Å². The highest BCUT2D eigenvalue weighted by Gasteiger charge is 2.39. The van der Waals surface area contributed by atoms with Gasteiger partial charge in [-0.1, -0.05) is 50.6 Å². The van der Waals surface area contributed by atoms with Gasteiger partial charge < -0.3 is 0 Å². The van der Waals surface area contributed by atoms with Crippen molar-refractivity contribution in [3.05, 3.63) is 35.9 Å². The summed E-state index contributed by atoms with van der Waals surface area (Å²) in [6.45, 7) is 5.31. The number of nitrogens with one attached hydrogen (secondary N) is 1. The van der Waals surface area contributed by atoms with Crippen LogP contribution in [0.4, 0.5) is 0 Å². The molecule has 0 radical (unpaired) electrons. The second-order valence-electron chi connectivity index (χ2n) is 6.23. The predicted octanol–water partition coefficient (Wildman–Crippen LogP) is 3.64. The van der Waals surface area contributed by atoms with Gasteiger partial charge in [-0.3, -0.25) is 5.32 Å². The third-order valence-electron chi connectivity index (χ3n) is 3.93. The molecule has 2 rings (SSSR count). The van der Waals surface area contributed by atoms with Crippen LogP contribution in [0.5, 0.6) is 0 Å². The number of benzene rings is 1. The molecule has 1 fully saturated rings. The molecule has 1 aromatic carbocycles. The van der Waals surface area contributed by atoms with Gasteiger partial charge in [0.15, 0.2) is 0 Å². The lowest BCUT2D eigenvalue weighted by molar-refractivity contribution is 0.156. The van der Waals surface area contributed by atoms with Crippen molar-refractivity contribution in [2.45, 2.75) is 51.6 Å². The summed E-state index contributed by atoms with van der Waals surface area (Å²) in [5.74, 6) is 0. The lowest BCUT2D eigenvalue weighted by Crippen LogP contribution is -2.49. The van der Waals surface area contributed by atoms with E-state index in [-0.39, 0.29) is 11.0 Å². The van der Waals surface area contributed by atoms with Gasteiger partial charge in [0.25, 0.3) is 0 Å². The van der Waals surface area contributed by atoms with Crippen LogP contribution >= 0.6 is 0 Å². The first kappa shape index (κ1) is 13.1. The molecule has 0 aromatic heterocycles. The van der Waals surface area contributed by atoms with Crippen LogP contribution in [0.25, 0.3) is 0 Å². The molecule has 2 nitrogen and oxygen atoms in total. The number of hydrogen-bond donors (Lipinski definition) is 1. The maximum absolute atomic E-state index is 9.54. The zero-order chi connectivity index (χ0) is 13.1. The maximum Gasteiger partial charge on any atom is 0.107 e. The van der Waals surface area contributed by atoms with E-state index in [2.05, 4.69) is 37.4 Å². The quantitative estimate of drug-likeness (QED) is 0.878. The van der Waals surface area contributed by atoms with Crippen molar-refractivity contribution < 1.29 is 0 Å². The summed E-state index contributed by atoms with van der Waals surface area (Å²) in [6, 6.07) is 12.8. The first-order valence-corrected chi connectivity index (χ1v) is 6.76. The van der Waals surface area contributed by atoms with Crippen molar-refractivity contribution in [3.63, 3.8) is 0 Å². The minimum absolute atomic E-state index is 0.275. The van der Waals surface area contributed by atoms with Gasteiger partial charge in [-0.25, -0.2) is 0 Å².